The van der Waals surface area contributed by atoms with Gasteiger partial charge in [-0.1, -0.05) is 18.2 Å². The van der Waals surface area contributed by atoms with Crippen LogP contribution in [-0.2, 0) is 14.3 Å². The van der Waals surface area contributed by atoms with Gasteiger partial charge in [-0.3, -0.25) is 9.59 Å². The van der Waals surface area contributed by atoms with Gasteiger partial charge in [0.2, 0.25) is 0 Å². The van der Waals surface area contributed by atoms with Crippen molar-refractivity contribution in [3.8, 4) is 5.75 Å². The summed E-state index contributed by atoms with van der Waals surface area (Å²) in [5, 5.41) is 0. The fourth-order valence-electron chi connectivity index (χ4n) is 3.19. The van der Waals surface area contributed by atoms with Gasteiger partial charge in [0, 0.05) is 0 Å². The van der Waals surface area contributed by atoms with E-state index in [2.05, 4.69) is 0 Å². The molecule has 4 heteroatoms. The second-order valence-corrected chi connectivity index (χ2v) is 8.75. The van der Waals surface area contributed by atoms with Crippen molar-refractivity contribution in [2.75, 3.05) is 0 Å². The first-order valence-corrected chi connectivity index (χ1v) is 9.06. The van der Waals surface area contributed by atoms with Crippen molar-refractivity contribution >= 4 is 11.9 Å². The number of para-hydroxylation sites is 1. The van der Waals surface area contributed by atoms with Crippen LogP contribution in [0.4, 0.5) is 0 Å². The molecule has 0 saturated heterocycles. The molecular formula is C21H30O4. The molecule has 0 bridgehead atoms. The summed E-state index contributed by atoms with van der Waals surface area (Å²) in [5.74, 6) is 0.579. The lowest BCUT2D eigenvalue weighted by atomic mass is 9.82. The molecule has 2 rings (SSSR count). The quantitative estimate of drug-likeness (QED) is 0.569. The molecule has 0 heterocycles. The van der Waals surface area contributed by atoms with Crippen molar-refractivity contribution < 1.29 is 19.1 Å². The highest BCUT2D eigenvalue weighted by molar-refractivity contribution is 5.78. The third-order valence-electron chi connectivity index (χ3n) is 4.68. The Hall–Kier alpha value is -1.84. The maximum Gasteiger partial charge on any atom is 0.316 e. The maximum atomic E-state index is 12.5. The van der Waals surface area contributed by atoms with Gasteiger partial charge in [0.05, 0.1) is 10.8 Å². The van der Waals surface area contributed by atoms with Crippen molar-refractivity contribution in [2.45, 2.75) is 66.4 Å². The highest BCUT2D eigenvalue weighted by atomic mass is 16.5. The predicted octanol–water partition coefficient (Wildman–Crippen LogP) is 4.77. The summed E-state index contributed by atoms with van der Waals surface area (Å²) in [6, 6.07) is 9.15. The van der Waals surface area contributed by atoms with E-state index < -0.39 is 10.8 Å². The molecule has 0 spiro atoms. The van der Waals surface area contributed by atoms with Crippen molar-refractivity contribution in [1.29, 1.82) is 0 Å². The molecule has 0 N–H and O–H groups in total. The van der Waals surface area contributed by atoms with E-state index in [9.17, 15) is 9.59 Å². The zero-order valence-electron chi connectivity index (χ0n) is 16.0. The summed E-state index contributed by atoms with van der Waals surface area (Å²) >= 11 is 0. The summed E-state index contributed by atoms with van der Waals surface area (Å²) in [5.41, 5.74) is -1.04. The van der Waals surface area contributed by atoms with Gasteiger partial charge in [-0.15, -0.1) is 0 Å². The third-order valence-corrected chi connectivity index (χ3v) is 4.68. The van der Waals surface area contributed by atoms with E-state index in [0.717, 1.165) is 25.7 Å². The van der Waals surface area contributed by atoms with Gasteiger partial charge in [-0.05, 0) is 78.4 Å². The van der Waals surface area contributed by atoms with Crippen molar-refractivity contribution in [3.63, 3.8) is 0 Å². The van der Waals surface area contributed by atoms with Crippen LogP contribution in [0.3, 0.4) is 0 Å². The number of rotatable bonds is 5. The molecule has 0 amide bonds. The van der Waals surface area contributed by atoms with Gasteiger partial charge in [-0.2, -0.15) is 0 Å². The average molecular weight is 346 g/mol. The topological polar surface area (TPSA) is 52.6 Å². The van der Waals surface area contributed by atoms with E-state index in [0.29, 0.717) is 11.7 Å². The van der Waals surface area contributed by atoms with E-state index in [1.165, 1.54) is 0 Å². The standard InChI is InChI=1S/C21H30O4/c1-20(2,3)18(22)25-17-12-11-15(13-17)14-21(4,5)19(23)24-16-9-7-6-8-10-16/h6-10,15,17H,11-14H2,1-5H3. The molecule has 0 radical (unpaired) electrons. The molecule has 1 aliphatic carbocycles. The first-order valence-electron chi connectivity index (χ1n) is 9.06. The smallest absolute Gasteiger partial charge is 0.316 e. The molecule has 2 unspecified atom stereocenters. The lowest BCUT2D eigenvalue weighted by molar-refractivity contribution is -0.158. The van der Waals surface area contributed by atoms with Crippen LogP contribution in [0.25, 0.3) is 0 Å². The molecule has 1 saturated carbocycles. The highest BCUT2D eigenvalue weighted by Gasteiger charge is 2.38. The van der Waals surface area contributed by atoms with Gasteiger partial charge >= 0.3 is 11.9 Å². The maximum absolute atomic E-state index is 12.5. The molecule has 1 fully saturated rings. The monoisotopic (exact) mass is 346 g/mol. The fraction of sp³-hybridized carbons (Fsp3) is 0.619. The first kappa shape index (κ1) is 19.5. The highest BCUT2D eigenvalue weighted by Crippen LogP contribution is 2.38. The van der Waals surface area contributed by atoms with Crippen LogP contribution in [0, 0.1) is 16.7 Å². The van der Waals surface area contributed by atoms with Gasteiger partial charge in [0.1, 0.15) is 11.9 Å². The number of hydrogen-bond acceptors (Lipinski definition) is 4. The second-order valence-electron chi connectivity index (χ2n) is 8.75. The molecule has 1 aromatic carbocycles. The summed E-state index contributed by atoms with van der Waals surface area (Å²) in [4.78, 5) is 24.5. The zero-order chi connectivity index (χ0) is 18.7. The Balaban J connectivity index is 1.86. The minimum absolute atomic E-state index is 0.0299. The SMILES string of the molecule is CC(C)(C)C(=O)OC1CCC(CC(C)(C)C(=O)Oc2ccccc2)C1. The van der Waals surface area contributed by atoms with Crippen LogP contribution < -0.4 is 4.74 Å². The van der Waals surface area contributed by atoms with Crippen LogP contribution in [0.1, 0.15) is 60.3 Å². The van der Waals surface area contributed by atoms with E-state index in [1.807, 2.05) is 52.8 Å². The Labute approximate surface area is 150 Å². The van der Waals surface area contributed by atoms with Gasteiger partial charge < -0.3 is 9.47 Å². The lowest BCUT2D eigenvalue weighted by Gasteiger charge is -2.26. The Morgan fingerprint density at radius 3 is 2.24 bits per heavy atom. The van der Waals surface area contributed by atoms with Crippen molar-refractivity contribution in [2.24, 2.45) is 16.7 Å². The largest absolute Gasteiger partial charge is 0.462 e. The van der Waals surface area contributed by atoms with Crippen LogP contribution in [0.15, 0.2) is 30.3 Å². The molecule has 0 aliphatic heterocycles. The summed E-state index contributed by atoms with van der Waals surface area (Å²) < 4.78 is 11.1. The molecule has 25 heavy (non-hydrogen) atoms. The Kier molecular flexibility index (Phi) is 5.91. The second kappa shape index (κ2) is 7.59. The van der Waals surface area contributed by atoms with Crippen LogP contribution in [0.2, 0.25) is 0 Å². The van der Waals surface area contributed by atoms with Gasteiger partial charge in [0.25, 0.3) is 0 Å². The number of carbonyl (C=O) groups excluding carboxylic acids is 2. The molecule has 0 aromatic heterocycles. The Bertz CT molecular complexity index is 598. The van der Waals surface area contributed by atoms with Gasteiger partial charge in [0.15, 0.2) is 0 Å². The number of benzene rings is 1. The predicted molar refractivity (Wildman–Crippen MR) is 97.2 cm³/mol. The van der Waals surface area contributed by atoms with Crippen molar-refractivity contribution in [3.05, 3.63) is 30.3 Å². The van der Waals surface area contributed by atoms with E-state index in [4.69, 9.17) is 9.47 Å². The van der Waals surface area contributed by atoms with Gasteiger partial charge in [-0.25, -0.2) is 0 Å². The normalized spacial score (nSPS) is 21.0. The molecule has 2 atom stereocenters. The lowest BCUT2D eigenvalue weighted by Crippen LogP contribution is -2.31. The van der Waals surface area contributed by atoms with Crippen molar-refractivity contribution in [1.82, 2.24) is 0 Å². The molecule has 1 aliphatic rings. The first-order chi connectivity index (χ1) is 11.6. The molecule has 138 valence electrons. The summed E-state index contributed by atoms with van der Waals surface area (Å²) in [7, 11) is 0. The molecular weight excluding hydrogens is 316 g/mol. The average Bonchev–Trinajstić information content (AvgIpc) is 2.93. The summed E-state index contributed by atoms with van der Waals surface area (Å²) in [6.07, 6.45) is 3.38. The van der Waals surface area contributed by atoms with E-state index >= 15 is 0 Å². The van der Waals surface area contributed by atoms with Crippen LogP contribution in [-0.4, -0.2) is 18.0 Å². The summed E-state index contributed by atoms with van der Waals surface area (Å²) in [6.45, 7) is 9.44. The van der Waals surface area contributed by atoms with E-state index in [-0.39, 0.29) is 18.0 Å². The number of esters is 2. The minimum atomic E-state index is -0.566. The number of hydrogen-bond donors (Lipinski definition) is 0. The zero-order valence-corrected chi connectivity index (χ0v) is 16.0. The molecule has 4 nitrogen and oxygen atoms in total. The third kappa shape index (κ3) is 5.58. The number of carbonyl (C=O) groups is 2. The Morgan fingerprint density at radius 2 is 1.64 bits per heavy atom. The molecule has 1 aromatic rings. The Morgan fingerprint density at radius 1 is 1.00 bits per heavy atom. The van der Waals surface area contributed by atoms with E-state index in [1.54, 1.807) is 12.1 Å². The fourth-order valence-corrected chi connectivity index (χ4v) is 3.19. The van der Waals surface area contributed by atoms with Crippen LogP contribution in [0.5, 0.6) is 5.75 Å². The van der Waals surface area contributed by atoms with Crippen LogP contribution >= 0.6 is 0 Å². The number of ether oxygens (including phenoxy) is 2. The minimum Gasteiger partial charge on any atom is -0.462 e.